The Kier molecular flexibility index (Phi) is 8.63. The van der Waals surface area contributed by atoms with Crippen LogP contribution in [0.1, 0.15) is 71.5 Å². The molecule has 0 aromatic heterocycles. The molecule has 4 heterocycles. The molecule has 10 aromatic rings. The molecule has 0 bridgehead atoms. The number of benzene rings is 10. The second-order valence-corrected chi connectivity index (χ2v) is 20.3. The number of fused-ring (bicyclic) bond motifs is 13. The Morgan fingerprint density at radius 2 is 0.732 bits per heavy atom. The van der Waals surface area contributed by atoms with E-state index in [2.05, 4.69) is 254 Å². The van der Waals surface area contributed by atoms with Crippen molar-refractivity contribution in [1.82, 2.24) is 0 Å². The summed E-state index contributed by atoms with van der Waals surface area (Å²) in [6.45, 7) is 4.74. The van der Waals surface area contributed by atoms with Crippen molar-refractivity contribution >= 4 is 22.7 Å². The number of hydrogen-bond donors (Lipinski definition) is 0. The Morgan fingerprint density at radius 1 is 0.324 bits per heavy atom. The molecule has 1 aliphatic carbocycles. The zero-order valence-electron chi connectivity index (χ0n) is 39.5. The van der Waals surface area contributed by atoms with E-state index in [-0.39, 0.29) is 29.7 Å². The molecule has 0 saturated heterocycles. The summed E-state index contributed by atoms with van der Waals surface area (Å²) >= 11 is 0. The third-order valence-electron chi connectivity index (χ3n) is 16.1. The smallest absolute Gasteiger partial charge is 0.151 e. The molecule has 0 amide bonds. The van der Waals surface area contributed by atoms with Gasteiger partial charge in [-0.1, -0.05) is 166 Å². The van der Waals surface area contributed by atoms with E-state index in [1.165, 1.54) is 106 Å². The Labute approximate surface area is 414 Å². The fourth-order valence-corrected chi connectivity index (χ4v) is 12.7. The van der Waals surface area contributed by atoms with Crippen molar-refractivity contribution in [2.75, 3.05) is 9.80 Å². The van der Waals surface area contributed by atoms with Crippen molar-refractivity contribution in [2.24, 2.45) is 0 Å². The summed E-state index contributed by atoms with van der Waals surface area (Å²) in [5.41, 5.74) is 24.3. The van der Waals surface area contributed by atoms with Crippen molar-refractivity contribution in [3.05, 3.63) is 264 Å². The van der Waals surface area contributed by atoms with Gasteiger partial charge in [0.25, 0.3) is 0 Å². The summed E-state index contributed by atoms with van der Waals surface area (Å²) in [7, 11) is 0. The molecule has 0 spiro atoms. The first-order chi connectivity index (χ1) is 34.9. The number of para-hydroxylation sites is 3. The van der Waals surface area contributed by atoms with E-state index in [0.29, 0.717) is 0 Å². The lowest BCUT2D eigenvalue weighted by Gasteiger charge is -2.28. The summed E-state index contributed by atoms with van der Waals surface area (Å²) in [4.78, 5) is 5.01. The summed E-state index contributed by atoms with van der Waals surface area (Å²) in [5.74, 6) is 1.93. The monoisotopic (exact) mass is 912 g/mol. The van der Waals surface area contributed by atoms with Crippen LogP contribution in [0, 0.1) is 0 Å². The maximum absolute atomic E-state index is 6.98. The minimum absolute atomic E-state index is 0.0146. The number of nitrogens with zero attached hydrogens (tertiary/aromatic N) is 2. The van der Waals surface area contributed by atoms with Crippen LogP contribution in [-0.2, 0) is 5.41 Å². The first kappa shape index (κ1) is 40.3. The van der Waals surface area contributed by atoms with Crippen LogP contribution in [-0.4, -0.2) is 0 Å². The predicted octanol–water partition coefficient (Wildman–Crippen LogP) is 17.3. The van der Waals surface area contributed by atoms with Crippen LogP contribution >= 0.6 is 0 Å². The predicted molar refractivity (Wildman–Crippen MR) is 288 cm³/mol. The number of anilines is 4. The van der Waals surface area contributed by atoms with E-state index in [9.17, 15) is 0 Å². The molecule has 15 rings (SSSR count). The van der Waals surface area contributed by atoms with Gasteiger partial charge < -0.3 is 19.3 Å². The molecule has 0 N–H and O–H groups in total. The first-order valence-corrected chi connectivity index (χ1v) is 24.9. The summed E-state index contributed by atoms with van der Waals surface area (Å²) < 4.78 is 13.8. The molecular weight excluding hydrogens is 865 g/mol. The van der Waals surface area contributed by atoms with Crippen LogP contribution < -0.4 is 19.3 Å². The van der Waals surface area contributed by atoms with Crippen LogP contribution in [0.25, 0.3) is 55.6 Å². The highest BCUT2D eigenvalue weighted by molar-refractivity contribution is 5.90. The first-order valence-electron chi connectivity index (χ1n) is 24.9. The lowest BCUT2D eigenvalue weighted by atomic mass is 9.82. The van der Waals surface area contributed by atoms with Gasteiger partial charge in [-0.25, -0.2) is 0 Å². The maximum atomic E-state index is 6.98. The van der Waals surface area contributed by atoms with Crippen LogP contribution in [0.2, 0.25) is 0 Å². The highest BCUT2D eigenvalue weighted by Crippen LogP contribution is 2.61. The molecule has 10 aromatic carbocycles. The van der Waals surface area contributed by atoms with E-state index >= 15 is 0 Å². The lowest BCUT2D eigenvalue weighted by molar-refractivity contribution is 0.223. The molecule has 4 unspecified atom stereocenters. The molecule has 5 aliphatic rings. The van der Waals surface area contributed by atoms with Gasteiger partial charge in [-0.15, -0.1) is 0 Å². The second kappa shape index (κ2) is 15.2. The molecule has 4 aliphatic heterocycles. The van der Waals surface area contributed by atoms with Crippen molar-refractivity contribution < 1.29 is 9.47 Å². The quantitative estimate of drug-likeness (QED) is 0.166. The van der Waals surface area contributed by atoms with Crippen molar-refractivity contribution in [3.8, 4) is 67.1 Å². The standard InChI is InChI=1S/C67H48N2O2/c1-67(2)57-30-26-43(45-28-32-59-55(39-45)65-63(51-22-12-14-24-61(51)70-65)68(59)49-20-10-5-11-21-49)37-53(57)54-38-44(27-31-58(54)67)46-29-33-60-56(40-46)66-64(52-23-13-15-25-62(52)71-66)69(60)50-35-47(41-16-6-3-7-17-41)34-48(36-50)42-18-8-4-9-19-42/h3-40,63-66H,1-2H3. The molecule has 0 fully saturated rings. The Morgan fingerprint density at radius 3 is 1.23 bits per heavy atom. The fourth-order valence-electron chi connectivity index (χ4n) is 12.7. The average Bonchev–Trinajstić information content (AvgIpc) is 4.22. The summed E-state index contributed by atoms with van der Waals surface area (Å²) in [6, 6.07) is 84.8. The SMILES string of the molecule is CC1(C)c2ccc(-c3ccc4c(c3)C3Oc5ccccc5C3N4c3ccccc3)cc2-c2cc(-c3ccc4c(c3)C3Oc5ccccc5C3N4c3cc(-c4ccccc4)cc(-c4ccccc4)c3)ccc21. The van der Waals surface area contributed by atoms with E-state index in [1.807, 2.05) is 0 Å². The van der Waals surface area contributed by atoms with Gasteiger partial charge in [-0.05, 0) is 146 Å². The Balaban J connectivity index is 0.820. The molecule has 0 saturated carbocycles. The van der Waals surface area contributed by atoms with Crippen LogP contribution in [0.15, 0.2) is 231 Å². The largest absolute Gasteiger partial charge is 0.483 e. The molecule has 4 heteroatoms. The molecule has 71 heavy (non-hydrogen) atoms. The highest BCUT2D eigenvalue weighted by atomic mass is 16.5. The molecule has 338 valence electrons. The van der Waals surface area contributed by atoms with Crippen molar-refractivity contribution in [1.29, 1.82) is 0 Å². The van der Waals surface area contributed by atoms with Gasteiger partial charge in [0.1, 0.15) is 23.6 Å². The third kappa shape index (κ3) is 6.04. The van der Waals surface area contributed by atoms with E-state index in [0.717, 1.165) is 17.2 Å². The van der Waals surface area contributed by atoms with Gasteiger partial charge in [0.05, 0.1) is 0 Å². The molecule has 0 radical (unpaired) electrons. The normalized spacial score (nSPS) is 18.8. The second-order valence-electron chi connectivity index (χ2n) is 20.3. The van der Waals surface area contributed by atoms with Crippen molar-refractivity contribution in [3.63, 3.8) is 0 Å². The fraction of sp³-hybridized carbons (Fsp3) is 0.104. The maximum Gasteiger partial charge on any atom is 0.151 e. The summed E-state index contributed by atoms with van der Waals surface area (Å²) in [6.07, 6.45) is -0.255. The van der Waals surface area contributed by atoms with E-state index < -0.39 is 0 Å². The molecular formula is C67H48N2O2. The van der Waals surface area contributed by atoms with Gasteiger partial charge in [0.2, 0.25) is 0 Å². The number of ether oxygens (including phenoxy) is 2. The van der Waals surface area contributed by atoms with E-state index in [1.54, 1.807) is 0 Å². The molecule has 4 atom stereocenters. The minimum atomic E-state index is -0.161. The molecule has 4 nitrogen and oxygen atoms in total. The summed E-state index contributed by atoms with van der Waals surface area (Å²) in [5, 5.41) is 0. The third-order valence-corrected chi connectivity index (χ3v) is 16.1. The van der Waals surface area contributed by atoms with Gasteiger partial charge in [0.15, 0.2) is 12.2 Å². The minimum Gasteiger partial charge on any atom is -0.483 e. The highest BCUT2D eigenvalue weighted by Gasteiger charge is 2.49. The van der Waals surface area contributed by atoms with Crippen molar-refractivity contribution in [2.45, 2.75) is 43.6 Å². The van der Waals surface area contributed by atoms with Crippen LogP contribution in [0.5, 0.6) is 11.5 Å². The Bertz CT molecular complexity index is 3730. The van der Waals surface area contributed by atoms with Gasteiger partial charge in [0, 0.05) is 50.4 Å². The average molecular weight is 913 g/mol. The van der Waals surface area contributed by atoms with Crippen LogP contribution in [0.4, 0.5) is 22.7 Å². The zero-order chi connectivity index (χ0) is 47.0. The zero-order valence-corrected chi connectivity index (χ0v) is 39.5. The van der Waals surface area contributed by atoms with E-state index in [4.69, 9.17) is 9.47 Å². The van der Waals surface area contributed by atoms with Crippen LogP contribution in [0.3, 0.4) is 0 Å². The van der Waals surface area contributed by atoms with Gasteiger partial charge >= 0.3 is 0 Å². The van der Waals surface area contributed by atoms with Gasteiger partial charge in [-0.3, -0.25) is 0 Å². The topological polar surface area (TPSA) is 24.9 Å². The number of hydrogen-bond acceptors (Lipinski definition) is 4. The lowest BCUT2D eigenvalue weighted by Crippen LogP contribution is -2.20. The Hall–Kier alpha value is -8.60. The van der Waals surface area contributed by atoms with Gasteiger partial charge in [-0.2, -0.15) is 0 Å². The number of rotatable bonds is 6.